The zero-order chi connectivity index (χ0) is 13.0. The number of hydrogen-bond donors (Lipinski definition) is 1. The second kappa shape index (κ2) is 6.23. The van der Waals surface area contributed by atoms with Gasteiger partial charge in [0.25, 0.3) is 0 Å². The highest BCUT2D eigenvalue weighted by Gasteiger charge is 2.03. The third-order valence-electron chi connectivity index (χ3n) is 2.55. The molecule has 2 nitrogen and oxygen atoms in total. The molecule has 2 rings (SSSR count). The molecule has 0 aliphatic heterocycles. The molecule has 18 heavy (non-hydrogen) atoms. The largest absolute Gasteiger partial charge is 0.489 e. The second-order valence-corrected chi connectivity index (χ2v) is 5.22. The van der Waals surface area contributed by atoms with Crippen LogP contribution in [0.1, 0.15) is 11.1 Å². The molecule has 0 atom stereocenters. The van der Waals surface area contributed by atoms with Gasteiger partial charge in [0, 0.05) is 21.6 Å². The third kappa shape index (κ3) is 3.48. The maximum atomic E-state index is 5.83. The van der Waals surface area contributed by atoms with E-state index in [1.54, 1.807) is 0 Å². The summed E-state index contributed by atoms with van der Waals surface area (Å²) in [7, 11) is 0. The summed E-state index contributed by atoms with van der Waals surface area (Å²) in [5.41, 5.74) is 7.75. The summed E-state index contributed by atoms with van der Waals surface area (Å²) in [6.45, 7) is 0.960. The molecule has 0 aliphatic carbocycles. The van der Waals surface area contributed by atoms with E-state index >= 15 is 0 Å². The van der Waals surface area contributed by atoms with E-state index in [1.165, 1.54) is 0 Å². The number of ether oxygens (including phenoxy) is 1. The lowest BCUT2D eigenvalue weighted by Crippen LogP contribution is -2.02. The Balaban J connectivity index is 2.08. The fraction of sp³-hybridized carbons (Fsp3) is 0.143. The highest BCUT2D eigenvalue weighted by atomic mass is 79.9. The van der Waals surface area contributed by atoms with Crippen LogP contribution in [0.25, 0.3) is 0 Å². The molecule has 2 N–H and O–H groups in total. The molecular formula is C14H13BrClNO. The summed E-state index contributed by atoms with van der Waals surface area (Å²) in [6.07, 6.45) is 0. The van der Waals surface area contributed by atoms with Crippen molar-refractivity contribution >= 4 is 27.5 Å². The molecule has 0 heterocycles. The molecule has 0 saturated carbocycles. The molecule has 0 bridgehead atoms. The first-order valence-corrected chi connectivity index (χ1v) is 6.72. The van der Waals surface area contributed by atoms with E-state index in [4.69, 9.17) is 22.1 Å². The quantitative estimate of drug-likeness (QED) is 0.916. The normalized spacial score (nSPS) is 10.4. The first-order valence-electron chi connectivity index (χ1n) is 5.55. The van der Waals surface area contributed by atoms with Crippen LogP contribution in [0.4, 0.5) is 0 Å². The number of halogens is 2. The van der Waals surface area contributed by atoms with Crippen LogP contribution >= 0.6 is 27.5 Å². The summed E-state index contributed by atoms with van der Waals surface area (Å²) in [4.78, 5) is 0. The summed E-state index contributed by atoms with van der Waals surface area (Å²) >= 11 is 9.25. The van der Waals surface area contributed by atoms with E-state index in [1.807, 2.05) is 42.5 Å². The standard InChI is InChI=1S/C14H13BrClNO/c15-12-3-6-14(11(7-12)8-17)18-9-10-1-4-13(16)5-2-10/h1-7H,8-9,17H2. The van der Waals surface area contributed by atoms with Crippen molar-refractivity contribution in [3.63, 3.8) is 0 Å². The molecule has 0 spiro atoms. The number of benzene rings is 2. The minimum Gasteiger partial charge on any atom is -0.489 e. The van der Waals surface area contributed by atoms with Crippen molar-refractivity contribution in [3.05, 3.63) is 63.1 Å². The maximum Gasteiger partial charge on any atom is 0.124 e. The lowest BCUT2D eigenvalue weighted by molar-refractivity contribution is 0.303. The van der Waals surface area contributed by atoms with Crippen molar-refractivity contribution in [2.45, 2.75) is 13.2 Å². The highest BCUT2D eigenvalue weighted by Crippen LogP contribution is 2.23. The van der Waals surface area contributed by atoms with Crippen LogP contribution in [0.15, 0.2) is 46.9 Å². The van der Waals surface area contributed by atoms with E-state index in [-0.39, 0.29) is 0 Å². The molecule has 0 unspecified atom stereocenters. The molecule has 0 aliphatic rings. The first kappa shape index (κ1) is 13.4. The zero-order valence-corrected chi connectivity index (χ0v) is 12.0. The second-order valence-electron chi connectivity index (χ2n) is 3.87. The van der Waals surface area contributed by atoms with Crippen LogP contribution in [-0.2, 0) is 13.2 Å². The minimum absolute atomic E-state index is 0.454. The molecule has 94 valence electrons. The van der Waals surface area contributed by atoms with E-state index < -0.39 is 0 Å². The zero-order valence-electron chi connectivity index (χ0n) is 9.70. The summed E-state index contributed by atoms with van der Waals surface area (Å²) < 4.78 is 6.77. The van der Waals surface area contributed by atoms with Crippen molar-refractivity contribution in [1.29, 1.82) is 0 Å². The third-order valence-corrected chi connectivity index (χ3v) is 3.30. The molecule has 0 fully saturated rings. The van der Waals surface area contributed by atoms with Gasteiger partial charge in [0.1, 0.15) is 12.4 Å². The van der Waals surface area contributed by atoms with Crippen LogP contribution in [0, 0.1) is 0 Å². The Bertz CT molecular complexity index is 528. The van der Waals surface area contributed by atoms with Crippen molar-refractivity contribution in [1.82, 2.24) is 0 Å². The minimum atomic E-state index is 0.454. The first-order chi connectivity index (χ1) is 8.69. The van der Waals surface area contributed by atoms with Gasteiger partial charge in [-0.3, -0.25) is 0 Å². The van der Waals surface area contributed by atoms with Crippen LogP contribution in [-0.4, -0.2) is 0 Å². The van der Waals surface area contributed by atoms with Gasteiger partial charge in [-0.2, -0.15) is 0 Å². The van der Waals surface area contributed by atoms with Gasteiger partial charge in [0.2, 0.25) is 0 Å². The Morgan fingerprint density at radius 2 is 1.83 bits per heavy atom. The van der Waals surface area contributed by atoms with Crippen LogP contribution in [0.2, 0.25) is 5.02 Å². The van der Waals surface area contributed by atoms with Gasteiger partial charge in [0.05, 0.1) is 0 Å². The Labute approximate surface area is 120 Å². The summed E-state index contributed by atoms with van der Waals surface area (Å²) in [5, 5.41) is 0.727. The van der Waals surface area contributed by atoms with Gasteiger partial charge in [-0.15, -0.1) is 0 Å². The average molecular weight is 327 g/mol. The molecule has 0 amide bonds. The van der Waals surface area contributed by atoms with Crippen LogP contribution < -0.4 is 10.5 Å². The SMILES string of the molecule is NCc1cc(Br)ccc1OCc1ccc(Cl)cc1. The topological polar surface area (TPSA) is 35.2 Å². The fourth-order valence-electron chi connectivity index (χ4n) is 1.59. The Kier molecular flexibility index (Phi) is 4.64. The molecule has 0 aromatic heterocycles. The Morgan fingerprint density at radius 3 is 2.50 bits per heavy atom. The lowest BCUT2D eigenvalue weighted by atomic mass is 10.2. The summed E-state index contributed by atoms with van der Waals surface area (Å²) in [5.74, 6) is 0.815. The van der Waals surface area contributed by atoms with Crippen molar-refractivity contribution in [3.8, 4) is 5.75 Å². The van der Waals surface area contributed by atoms with E-state index in [0.29, 0.717) is 13.2 Å². The van der Waals surface area contributed by atoms with Gasteiger partial charge < -0.3 is 10.5 Å². The van der Waals surface area contributed by atoms with Gasteiger partial charge in [-0.25, -0.2) is 0 Å². The van der Waals surface area contributed by atoms with Crippen molar-refractivity contribution < 1.29 is 4.74 Å². The van der Waals surface area contributed by atoms with E-state index in [0.717, 1.165) is 26.4 Å². The molecular weight excluding hydrogens is 314 g/mol. The fourth-order valence-corrected chi connectivity index (χ4v) is 2.12. The van der Waals surface area contributed by atoms with Crippen LogP contribution in [0.3, 0.4) is 0 Å². The highest BCUT2D eigenvalue weighted by molar-refractivity contribution is 9.10. The average Bonchev–Trinajstić information content (AvgIpc) is 2.39. The Hall–Kier alpha value is -1.03. The molecule has 2 aromatic rings. The molecule has 4 heteroatoms. The predicted octanol–water partition coefficient (Wildman–Crippen LogP) is 4.14. The molecule has 0 radical (unpaired) electrons. The smallest absolute Gasteiger partial charge is 0.124 e. The van der Waals surface area contributed by atoms with Crippen molar-refractivity contribution in [2.24, 2.45) is 5.73 Å². The Morgan fingerprint density at radius 1 is 1.11 bits per heavy atom. The predicted molar refractivity (Wildman–Crippen MR) is 77.8 cm³/mol. The number of hydrogen-bond acceptors (Lipinski definition) is 2. The van der Waals surface area contributed by atoms with E-state index in [9.17, 15) is 0 Å². The molecule has 2 aromatic carbocycles. The number of rotatable bonds is 4. The van der Waals surface area contributed by atoms with E-state index in [2.05, 4.69) is 15.9 Å². The number of nitrogens with two attached hydrogens (primary N) is 1. The van der Waals surface area contributed by atoms with Gasteiger partial charge in [0.15, 0.2) is 0 Å². The van der Waals surface area contributed by atoms with Crippen LogP contribution in [0.5, 0.6) is 5.75 Å². The monoisotopic (exact) mass is 325 g/mol. The van der Waals surface area contributed by atoms with Gasteiger partial charge >= 0.3 is 0 Å². The summed E-state index contributed by atoms with van der Waals surface area (Å²) in [6, 6.07) is 13.4. The lowest BCUT2D eigenvalue weighted by Gasteiger charge is -2.11. The molecule has 0 saturated heterocycles. The van der Waals surface area contributed by atoms with Gasteiger partial charge in [-0.05, 0) is 35.9 Å². The maximum absolute atomic E-state index is 5.83. The van der Waals surface area contributed by atoms with Gasteiger partial charge in [-0.1, -0.05) is 39.7 Å². The van der Waals surface area contributed by atoms with Crippen molar-refractivity contribution in [2.75, 3.05) is 0 Å².